The minimum Gasteiger partial charge on any atom is -0.406 e. The van der Waals surface area contributed by atoms with E-state index in [-0.39, 0.29) is 28.6 Å². The predicted molar refractivity (Wildman–Crippen MR) is 127 cm³/mol. The lowest BCUT2D eigenvalue weighted by atomic mass is 9.50. The van der Waals surface area contributed by atoms with Crippen molar-refractivity contribution in [3.05, 3.63) is 41.6 Å². The van der Waals surface area contributed by atoms with Crippen LogP contribution in [-0.2, 0) is 0 Å². The fourth-order valence-electron chi connectivity index (χ4n) is 5.81. The minimum atomic E-state index is -4.83. The van der Waals surface area contributed by atoms with Crippen LogP contribution in [0.3, 0.4) is 0 Å². The van der Waals surface area contributed by atoms with Crippen molar-refractivity contribution in [2.75, 3.05) is 29.9 Å². The molecule has 2 heterocycles. The van der Waals surface area contributed by atoms with Gasteiger partial charge in [0.05, 0.1) is 11.3 Å². The van der Waals surface area contributed by atoms with Crippen LogP contribution < -0.4 is 21.5 Å². The van der Waals surface area contributed by atoms with Gasteiger partial charge in [0.2, 0.25) is 0 Å². The van der Waals surface area contributed by atoms with Gasteiger partial charge in [-0.2, -0.15) is 0 Å². The van der Waals surface area contributed by atoms with Crippen LogP contribution >= 0.6 is 0 Å². The highest BCUT2D eigenvalue weighted by atomic mass is 19.4. The zero-order valence-electron chi connectivity index (χ0n) is 19.7. The van der Waals surface area contributed by atoms with Gasteiger partial charge in [0.15, 0.2) is 0 Å². The first-order valence-corrected chi connectivity index (χ1v) is 12.1. The number of anilines is 3. The first-order valence-electron chi connectivity index (χ1n) is 12.1. The molecule has 5 rings (SSSR count). The second-order valence-electron chi connectivity index (χ2n) is 10.3. The number of amides is 1. The molecule has 5 N–H and O–H groups in total. The van der Waals surface area contributed by atoms with Crippen molar-refractivity contribution in [2.24, 2.45) is 5.41 Å². The van der Waals surface area contributed by atoms with E-state index in [1.807, 2.05) is 6.07 Å². The van der Waals surface area contributed by atoms with Crippen LogP contribution in [0.25, 0.3) is 0 Å². The third-order valence-corrected chi connectivity index (χ3v) is 7.71. The molecule has 0 radical (unpaired) electrons. The van der Waals surface area contributed by atoms with Gasteiger partial charge in [-0.15, -0.1) is 13.2 Å². The molecule has 0 bridgehead atoms. The number of nitrogens with two attached hydrogens (primary N) is 2. The van der Waals surface area contributed by atoms with Crippen molar-refractivity contribution < 1.29 is 27.1 Å². The second-order valence-corrected chi connectivity index (χ2v) is 10.3. The number of carbonyl (C=O) groups is 1. The Labute approximate surface area is 206 Å². The van der Waals surface area contributed by atoms with Gasteiger partial charge in [0, 0.05) is 37.1 Å². The summed E-state index contributed by atoms with van der Waals surface area (Å²) in [6.07, 6.45) is 0.975. The van der Waals surface area contributed by atoms with E-state index in [0.717, 1.165) is 36.2 Å². The molecule has 0 atom stereocenters. The summed E-state index contributed by atoms with van der Waals surface area (Å²) < 4.78 is 54.4. The number of hydrogen-bond acceptors (Lipinski definition) is 6. The Morgan fingerprint density at radius 1 is 1.11 bits per heavy atom. The Bertz CT molecular complexity index is 1140. The molecule has 1 amide bonds. The number of likely N-dealkylation sites (tertiary alicyclic amines) is 1. The van der Waals surface area contributed by atoms with Crippen molar-refractivity contribution in [1.82, 2.24) is 9.88 Å². The van der Waals surface area contributed by atoms with Crippen LogP contribution in [0.2, 0.25) is 0 Å². The molecule has 2 aliphatic carbocycles. The van der Waals surface area contributed by atoms with E-state index >= 15 is 0 Å². The molecular weight excluding hydrogens is 478 g/mol. The molecule has 2 aromatic rings. The maximum atomic E-state index is 13.3. The van der Waals surface area contributed by atoms with E-state index < -0.39 is 18.3 Å². The number of carbonyl (C=O) groups excluding carboxylic acids is 1. The Morgan fingerprint density at radius 2 is 1.81 bits per heavy atom. The van der Waals surface area contributed by atoms with Crippen molar-refractivity contribution in [1.29, 1.82) is 0 Å². The summed E-state index contributed by atoms with van der Waals surface area (Å²) in [5, 5.41) is 3.45. The summed E-state index contributed by atoms with van der Waals surface area (Å²) in [5.41, 5.74) is 14.1. The molecular formula is C25H29F4N5O2. The minimum absolute atomic E-state index is 0.0700. The molecule has 1 aromatic heterocycles. The monoisotopic (exact) mass is 507 g/mol. The van der Waals surface area contributed by atoms with Crippen molar-refractivity contribution in [3.8, 4) is 5.75 Å². The number of nitrogens with zero attached hydrogens (tertiary/aromatic N) is 2. The number of hydrogen-bond donors (Lipinski definition) is 3. The molecule has 1 aromatic carbocycles. The van der Waals surface area contributed by atoms with Gasteiger partial charge in [-0.1, -0.05) is 0 Å². The first-order chi connectivity index (χ1) is 17.0. The van der Waals surface area contributed by atoms with Gasteiger partial charge in [0.25, 0.3) is 5.91 Å². The van der Waals surface area contributed by atoms with Crippen LogP contribution in [0.4, 0.5) is 34.8 Å². The number of pyridine rings is 1. The maximum Gasteiger partial charge on any atom is 0.573 e. The van der Waals surface area contributed by atoms with Gasteiger partial charge >= 0.3 is 6.36 Å². The Hall–Kier alpha value is -3.24. The average Bonchev–Trinajstić information content (AvgIpc) is 2.76. The number of halogens is 4. The molecule has 36 heavy (non-hydrogen) atoms. The lowest BCUT2D eigenvalue weighted by Crippen LogP contribution is -2.47. The van der Waals surface area contributed by atoms with Crippen LogP contribution in [-0.4, -0.2) is 47.5 Å². The highest BCUT2D eigenvalue weighted by molar-refractivity contribution is 5.99. The van der Waals surface area contributed by atoms with E-state index in [1.165, 1.54) is 6.07 Å². The van der Waals surface area contributed by atoms with E-state index in [0.29, 0.717) is 50.5 Å². The van der Waals surface area contributed by atoms with Crippen LogP contribution in [0.15, 0.2) is 30.5 Å². The highest BCUT2D eigenvalue weighted by Crippen LogP contribution is 2.62. The topological polar surface area (TPSA) is 106 Å². The number of piperidine rings is 1. The fourth-order valence-corrected chi connectivity index (χ4v) is 5.81. The Morgan fingerprint density at radius 3 is 2.42 bits per heavy atom. The Balaban J connectivity index is 1.16. The van der Waals surface area contributed by atoms with Crippen LogP contribution in [0.5, 0.6) is 5.75 Å². The summed E-state index contributed by atoms with van der Waals surface area (Å²) in [4.78, 5) is 18.9. The third kappa shape index (κ3) is 5.01. The molecule has 2 saturated carbocycles. The number of benzene rings is 1. The van der Waals surface area contributed by atoms with Gasteiger partial charge in [-0.3, -0.25) is 4.79 Å². The molecule has 3 aliphatic rings. The number of ether oxygens (including phenoxy) is 1. The van der Waals surface area contributed by atoms with Crippen molar-refractivity contribution in [3.63, 3.8) is 0 Å². The lowest BCUT2D eigenvalue weighted by molar-refractivity contribution is -0.274. The molecule has 194 valence electrons. The maximum absolute atomic E-state index is 13.3. The van der Waals surface area contributed by atoms with Crippen molar-refractivity contribution >= 4 is 23.1 Å². The summed E-state index contributed by atoms with van der Waals surface area (Å²) in [7, 11) is 0. The standard InChI is InChI=1S/C25H29F4N5O2/c26-16-11-24(12-16)9-15(10-24)14-7-21(22(31)32-13-14)33-17-3-5-34(6-4-17)23(35)19-2-1-18(8-20(19)30)36-25(27,28)29/h1-2,7-8,13,15-17,33H,3-6,9-12,30H2,(H2,31,32). The third-order valence-electron chi connectivity index (χ3n) is 7.71. The fraction of sp³-hybridized carbons (Fsp3) is 0.520. The predicted octanol–water partition coefficient (Wildman–Crippen LogP) is 4.86. The van der Waals surface area contributed by atoms with Gasteiger partial charge in [-0.05, 0) is 73.6 Å². The summed E-state index contributed by atoms with van der Waals surface area (Å²) in [5.74, 6) is -0.0148. The van der Waals surface area contributed by atoms with Gasteiger partial charge in [-0.25, -0.2) is 9.37 Å². The highest BCUT2D eigenvalue weighted by Gasteiger charge is 2.53. The summed E-state index contributed by atoms with van der Waals surface area (Å²) >= 11 is 0. The van der Waals surface area contributed by atoms with Crippen LogP contribution in [0.1, 0.15) is 60.4 Å². The first kappa shape index (κ1) is 24.5. The van der Waals surface area contributed by atoms with Crippen LogP contribution in [0, 0.1) is 5.41 Å². The number of nitrogens with one attached hydrogen (secondary N) is 1. The zero-order chi connectivity index (χ0) is 25.7. The molecule has 1 aliphatic heterocycles. The smallest absolute Gasteiger partial charge is 0.406 e. The molecule has 1 saturated heterocycles. The molecule has 0 unspecified atom stereocenters. The van der Waals surface area contributed by atoms with Crippen molar-refractivity contribution in [2.45, 2.75) is 63.0 Å². The Kier molecular flexibility index (Phi) is 6.12. The molecule has 7 nitrogen and oxygen atoms in total. The normalized spacial score (nSPS) is 26.3. The number of aromatic nitrogens is 1. The van der Waals surface area contributed by atoms with E-state index in [4.69, 9.17) is 11.5 Å². The largest absolute Gasteiger partial charge is 0.573 e. The van der Waals surface area contributed by atoms with E-state index in [1.54, 1.807) is 11.1 Å². The summed E-state index contributed by atoms with van der Waals surface area (Å²) in [6.45, 7) is 0.915. The number of rotatable bonds is 5. The van der Waals surface area contributed by atoms with Gasteiger partial charge in [0.1, 0.15) is 17.7 Å². The summed E-state index contributed by atoms with van der Waals surface area (Å²) in [6, 6.07) is 5.46. The molecule has 3 fully saturated rings. The number of alkyl halides is 4. The molecule has 11 heteroatoms. The zero-order valence-corrected chi connectivity index (χ0v) is 19.7. The SMILES string of the molecule is Nc1cc(OC(F)(F)F)ccc1C(=O)N1CCC(Nc2cc(C3CC4(CC(F)C4)C3)cnc2N)CC1. The average molecular weight is 508 g/mol. The van der Waals surface area contributed by atoms with E-state index in [2.05, 4.69) is 15.0 Å². The quantitative estimate of drug-likeness (QED) is 0.394. The number of nitrogen functional groups attached to an aromatic ring is 2. The molecule has 1 spiro atoms. The van der Waals surface area contributed by atoms with E-state index in [9.17, 15) is 22.4 Å². The van der Waals surface area contributed by atoms with Gasteiger partial charge < -0.3 is 26.4 Å². The second kappa shape index (κ2) is 9.01. The lowest BCUT2D eigenvalue weighted by Gasteiger charge is -2.55.